The predicted molar refractivity (Wildman–Crippen MR) is 82.9 cm³/mol. The fraction of sp³-hybridized carbons (Fsp3) is 0.353. The van der Waals surface area contributed by atoms with Gasteiger partial charge in [0.15, 0.2) is 0 Å². The molecule has 0 aliphatic carbocycles. The smallest absolute Gasteiger partial charge is 0.126 e. The number of hydrogen-bond donors (Lipinski definition) is 2. The first-order valence-electron chi connectivity index (χ1n) is 6.85. The molecule has 1 aromatic heterocycles. The summed E-state index contributed by atoms with van der Waals surface area (Å²) in [6.45, 7) is 8.21. The Kier molecular flexibility index (Phi) is 4.09. The van der Waals surface area contributed by atoms with Crippen LogP contribution in [-0.4, -0.2) is 15.6 Å². The Hall–Kier alpha value is -1.87. The van der Waals surface area contributed by atoms with E-state index in [-0.39, 0.29) is 5.54 Å². The second-order valence-corrected chi connectivity index (χ2v) is 6.06. The molecule has 2 N–H and O–H groups in total. The molecule has 1 aromatic carbocycles. The average Bonchev–Trinajstić information content (AvgIpc) is 2.37. The van der Waals surface area contributed by atoms with Crippen molar-refractivity contribution in [1.82, 2.24) is 4.98 Å². The van der Waals surface area contributed by atoms with Crippen molar-refractivity contribution in [3.05, 3.63) is 59.3 Å². The van der Waals surface area contributed by atoms with Gasteiger partial charge in [-0.05, 0) is 39.3 Å². The van der Waals surface area contributed by atoms with Crippen molar-refractivity contribution in [3.8, 4) is 0 Å². The molecule has 3 heteroatoms. The first-order chi connectivity index (χ1) is 9.37. The Morgan fingerprint density at radius 1 is 1.05 bits per heavy atom. The van der Waals surface area contributed by atoms with E-state index in [0.717, 1.165) is 22.6 Å². The van der Waals surface area contributed by atoms with Crippen LogP contribution >= 0.6 is 0 Å². The van der Waals surface area contributed by atoms with E-state index < -0.39 is 6.10 Å². The van der Waals surface area contributed by atoms with Crippen LogP contribution in [0.1, 0.15) is 43.7 Å². The van der Waals surface area contributed by atoms with Crippen LogP contribution < -0.4 is 5.32 Å². The van der Waals surface area contributed by atoms with Crippen LogP contribution in [0.4, 0.5) is 5.82 Å². The van der Waals surface area contributed by atoms with Gasteiger partial charge >= 0.3 is 0 Å². The van der Waals surface area contributed by atoms with Gasteiger partial charge in [-0.1, -0.05) is 36.4 Å². The molecule has 0 aliphatic rings. The molecule has 0 aliphatic heterocycles. The molecule has 0 bridgehead atoms. The van der Waals surface area contributed by atoms with Crippen molar-refractivity contribution in [3.63, 3.8) is 0 Å². The number of pyridine rings is 1. The second kappa shape index (κ2) is 5.63. The molecule has 0 radical (unpaired) electrons. The summed E-state index contributed by atoms with van der Waals surface area (Å²) in [5.41, 5.74) is 2.54. The number of aliphatic hydroxyl groups excluding tert-OH is 1. The Morgan fingerprint density at radius 3 is 2.25 bits per heavy atom. The van der Waals surface area contributed by atoms with E-state index in [2.05, 4.69) is 31.1 Å². The van der Waals surface area contributed by atoms with E-state index in [0.29, 0.717) is 0 Å². The standard InChI is InChI=1S/C17H22N2O/c1-12-14(16(20)13-8-6-5-7-9-13)10-11-15(18-12)19-17(2,3)4/h5-11,16,20H,1-4H3,(H,18,19)/t16-/m0/s1. The second-order valence-electron chi connectivity index (χ2n) is 6.06. The maximum Gasteiger partial charge on any atom is 0.126 e. The summed E-state index contributed by atoms with van der Waals surface area (Å²) < 4.78 is 0. The minimum atomic E-state index is -0.632. The summed E-state index contributed by atoms with van der Waals surface area (Å²) in [7, 11) is 0. The summed E-state index contributed by atoms with van der Waals surface area (Å²) in [6.07, 6.45) is -0.632. The highest BCUT2D eigenvalue weighted by molar-refractivity contribution is 5.42. The van der Waals surface area contributed by atoms with E-state index in [1.54, 1.807) is 0 Å². The van der Waals surface area contributed by atoms with Crippen LogP contribution in [0.25, 0.3) is 0 Å². The molecule has 1 heterocycles. The maximum absolute atomic E-state index is 10.4. The lowest BCUT2D eigenvalue weighted by molar-refractivity contribution is 0.219. The number of hydrogen-bond acceptors (Lipinski definition) is 3. The predicted octanol–water partition coefficient (Wildman–Crippen LogP) is 3.68. The number of nitrogens with zero attached hydrogens (tertiary/aromatic N) is 1. The average molecular weight is 270 g/mol. The molecule has 0 spiro atoms. The van der Waals surface area contributed by atoms with Crippen molar-refractivity contribution in [2.45, 2.75) is 39.3 Å². The lowest BCUT2D eigenvalue weighted by Gasteiger charge is -2.22. The van der Waals surface area contributed by atoms with Crippen molar-refractivity contribution in [2.75, 3.05) is 5.32 Å². The van der Waals surface area contributed by atoms with Crippen LogP contribution in [0.15, 0.2) is 42.5 Å². The van der Waals surface area contributed by atoms with E-state index in [1.807, 2.05) is 49.4 Å². The number of aryl methyl sites for hydroxylation is 1. The minimum absolute atomic E-state index is 0.0288. The Labute approximate surface area is 120 Å². The zero-order valence-electron chi connectivity index (χ0n) is 12.5. The lowest BCUT2D eigenvalue weighted by atomic mass is 10.0. The fourth-order valence-corrected chi connectivity index (χ4v) is 2.13. The van der Waals surface area contributed by atoms with Gasteiger partial charge in [0.1, 0.15) is 11.9 Å². The molecule has 106 valence electrons. The summed E-state index contributed by atoms with van der Waals surface area (Å²) in [5.74, 6) is 0.832. The van der Waals surface area contributed by atoms with Gasteiger partial charge < -0.3 is 10.4 Å². The van der Waals surface area contributed by atoms with E-state index >= 15 is 0 Å². The summed E-state index contributed by atoms with van der Waals surface area (Å²) in [5, 5.41) is 13.8. The van der Waals surface area contributed by atoms with Crippen LogP contribution in [0.2, 0.25) is 0 Å². The molecule has 0 unspecified atom stereocenters. The van der Waals surface area contributed by atoms with Crippen LogP contribution in [-0.2, 0) is 0 Å². The molecule has 0 amide bonds. The molecule has 0 saturated heterocycles. The monoisotopic (exact) mass is 270 g/mol. The molecular weight excluding hydrogens is 248 g/mol. The van der Waals surface area contributed by atoms with Gasteiger partial charge in [-0.15, -0.1) is 0 Å². The SMILES string of the molecule is Cc1nc(NC(C)(C)C)ccc1[C@@H](O)c1ccccc1. The van der Waals surface area contributed by atoms with Gasteiger partial charge in [-0.2, -0.15) is 0 Å². The lowest BCUT2D eigenvalue weighted by Crippen LogP contribution is -2.26. The summed E-state index contributed by atoms with van der Waals surface area (Å²) in [4.78, 5) is 4.53. The molecule has 0 saturated carbocycles. The van der Waals surface area contributed by atoms with E-state index in [9.17, 15) is 5.11 Å². The number of benzene rings is 1. The molecule has 20 heavy (non-hydrogen) atoms. The van der Waals surface area contributed by atoms with Crippen LogP contribution in [0.5, 0.6) is 0 Å². The van der Waals surface area contributed by atoms with Gasteiger partial charge in [0.2, 0.25) is 0 Å². The topological polar surface area (TPSA) is 45.2 Å². The third-order valence-corrected chi connectivity index (χ3v) is 3.04. The zero-order valence-corrected chi connectivity index (χ0v) is 12.5. The normalized spacial score (nSPS) is 13.1. The molecule has 1 atom stereocenters. The highest BCUT2D eigenvalue weighted by Gasteiger charge is 2.15. The zero-order chi connectivity index (χ0) is 14.8. The number of rotatable bonds is 3. The van der Waals surface area contributed by atoms with Gasteiger partial charge in [-0.3, -0.25) is 0 Å². The molecule has 2 aromatic rings. The minimum Gasteiger partial charge on any atom is -0.384 e. The number of anilines is 1. The number of aliphatic hydroxyl groups is 1. The summed E-state index contributed by atoms with van der Waals surface area (Å²) >= 11 is 0. The van der Waals surface area contributed by atoms with Crippen molar-refractivity contribution in [2.24, 2.45) is 0 Å². The highest BCUT2D eigenvalue weighted by Crippen LogP contribution is 2.25. The van der Waals surface area contributed by atoms with E-state index in [1.165, 1.54) is 0 Å². The number of nitrogens with one attached hydrogen (secondary N) is 1. The van der Waals surface area contributed by atoms with Crippen LogP contribution in [0.3, 0.4) is 0 Å². The quantitative estimate of drug-likeness (QED) is 0.894. The van der Waals surface area contributed by atoms with E-state index in [4.69, 9.17) is 0 Å². The Balaban J connectivity index is 2.26. The van der Waals surface area contributed by atoms with Gasteiger partial charge in [0.05, 0.1) is 0 Å². The maximum atomic E-state index is 10.4. The first kappa shape index (κ1) is 14.5. The van der Waals surface area contributed by atoms with Gasteiger partial charge in [0, 0.05) is 16.8 Å². The largest absolute Gasteiger partial charge is 0.384 e. The molecule has 3 nitrogen and oxygen atoms in total. The van der Waals surface area contributed by atoms with Gasteiger partial charge in [-0.25, -0.2) is 4.98 Å². The first-order valence-corrected chi connectivity index (χ1v) is 6.85. The fourth-order valence-electron chi connectivity index (χ4n) is 2.13. The van der Waals surface area contributed by atoms with Crippen LogP contribution in [0, 0.1) is 6.92 Å². The molecule has 0 fully saturated rings. The van der Waals surface area contributed by atoms with Gasteiger partial charge in [0.25, 0.3) is 0 Å². The Bertz CT molecular complexity index is 573. The van der Waals surface area contributed by atoms with Crippen molar-refractivity contribution < 1.29 is 5.11 Å². The van der Waals surface area contributed by atoms with Crippen molar-refractivity contribution >= 4 is 5.82 Å². The molecular formula is C17H22N2O. The highest BCUT2D eigenvalue weighted by atomic mass is 16.3. The third kappa shape index (κ3) is 3.58. The molecule has 2 rings (SSSR count). The Morgan fingerprint density at radius 2 is 1.70 bits per heavy atom. The summed E-state index contributed by atoms with van der Waals surface area (Å²) in [6, 6.07) is 13.5. The third-order valence-electron chi connectivity index (χ3n) is 3.04. The van der Waals surface area contributed by atoms with Crippen molar-refractivity contribution in [1.29, 1.82) is 0 Å². The number of aromatic nitrogens is 1.